The summed E-state index contributed by atoms with van der Waals surface area (Å²) in [6, 6.07) is 17.0. The highest BCUT2D eigenvalue weighted by molar-refractivity contribution is 5.99. The Kier molecular flexibility index (Phi) is 3.10. The summed E-state index contributed by atoms with van der Waals surface area (Å²) in [5.41, 5.74) is 0.801. The maximum absolute atomic E-state index is 13.9. The van der Waals surface area contributed by atoms with Crippen molar-refractivity contribution < 1.29 is 9.18 Å². The summed E-state index contributed by atoms with van der Waals surface area (Å²) < 4.78 is 13.9. The van der Waals surface area contributed by atoms with Gasteiger partial charge in [-0.2, -0.15) is 0 Å². The summed E-state index contributed by atoms with van der Waals surface area (Å²) in [4.78, 5) is 11.8. The lowest BCUT2D eigenvalue weighted by Crippen LogP contribution is -2.07. The van der Waals surface area contributed by atoms with Gasteiger partial charge in [0.15, 0.2) is 6.17 Å². The molecular formula is C14H11FO. The van der Waals surface area contributed by atoms with Gasteiger partial charge in [0.25, 0.3) is 0 Å². The second-order valence-corrected chi connectivity index (χ2v) is 3.50. The van der Waals surface area contributed by atoms with Gasteiger partial charge in [0, 0.05) is 5.56 Å². The molecule has 0 amide bonds. The van der Waals surface area contributed by atoms with Gasteiger partial charge in [0.1, 0.15) is 0 Å². The molecule has 2 aromatic carbocycles. The lowest BCUT2D eigenvalue weighted by Gasteiger charge is -2.07. The van der Waals surface area contributed by atoms with E-state index < -0.39 is 12.0 Å². The van der Waals surface area contributed by atoms with Gasteiger partial charge in [0.2, 0.25) is 5.78 Å². The number of benzene rings is 2. The van der Waals surface area contributed by atoms with Gasteiger partial charge >= 0.3 is 0 Å². The van der Waals surface area contributed by atoms with Crippen molar-refractivity contribution in [3.8, 4) is 0 Å². The number of hydrogen-bond donors (Lipinski definition) is 0. The van der Waals surface area contributed by atoms with E-state index in [1.165, 1.54) is 0 Å². The van der Waals surface area contributed by atoms with Crippen LogP contribution in [0.3, 0.4) is 0 Å². The monoisotopic (exact) mass is 214 g/mol. The summed E-state index contributed by atoms with van der Waals surface area (Å²) in [7, 11) is 0. The van der Waals surface area contributed by atoms with Crippen LogP contribution in [-0.4, -0.2) is 5.78 Å². The zero-order chi connectivity index (χ0) is 11.4. The third kappa shape index (κ3) is 2.16. The van der Waals surface area contributed by atoms with Crippen LogP contribution in [0.5, 0.6) is 0 Å². The second-order valence-electron chi connectivity index (χ2n) is 3.50. The standard InChI is InChI=1S/C14H11FO/c15-13(11-7-3-1-4-8-11)14(16)12-9-5-2-6-10-12/h1-10,13H/t13-/m1/s1. The Bertz CT molecular complexity index is 465. The second kappa shape index (κ2) is 4.71. The number of hydrogen-bond acceptors (Lipinski definition) is 1. The predicted molar refractivity (Wildman–Crippen MR) is 61.1 cm³/mol. The number of carbonyl (C=O) groups excluding carboxylic acids is 1. The highest BCUT2D eigenvalue weighted by Gasteiger charge is 2.20. The van der Waals surface area contributed by atoms with E-state index in [1.54, 1.807) is 60.7 Å². The van der Waals surface area contributed by atoms with Crippen LogP contribution >= 0.6 is 0 Å². The normalized spacial score (nSPS) is 12.1. The van der Waals surface area contributed by atoms with Crippen molar-refractivity contribution in [1.82, 2.24) is 0 Å². The molecule has 0 aromatic heterocycles. The molecule has 0 spiro atoms. The first-order valence-electron chi connectivity index (χ1n) is 5.07. The van der Waals surface area contributed by atoms with Crippen molar-refractivity contribution in [3.63, 3.8) is 0 Å². The van der Waals surface area contributed by atoms with E-state index in [-0.39, 0.29) is 0 Å². The van der Waals surface area contributed by atoms with Crippen LogP contribution in [0.25, 0.3) is 0 Å². The summed E-state index contributed by atoms with van der Waals surface area (Å²) in [5.74, 6) is -0.494. The number of rotatable bonds is 3. The van der Waals surface area contributed by atoms with Crippen LogP contribution in [0.4, 0.5) is 4.39 Å². The highest BCUT2D eigenvalue weighted by Crippen LogP contribution is 2.21. The van der Waals surface area contributed by atoms with Gasteiger partial charge in [-0.25, -0.2) is 4.39 Å². The lowest BCUT2D eigenvalue weighted by molar-refractivity contribution is 0.0878. The average Bonchev–Trinajstić information content (AvgIpc) is 2.39. The Morgan fingerprint density at radius 1 is 0.875 bits per heavy atom. The minimum Gasteiger partial charge on any atom is -0.290 e. The Balaban J connectivity index is 2.24. The van der Waals surface area contributed by atoms with Crippen molar-refractivity contribution in [3.05, 3.63) is 71.8 Å². The van der Waals surface area contributed by atoms with Gasteiger partial charge in [-0.05, 0) is 5.56 Å². The number of ketones is 1. The van der Waals surface area contributed by atoms with Crippen LogP contribution in [0.1, 0.15) is 22.1 Å². The number of halogens is 1. The van der Waals surface area contributed by atoms with Gasteiger partial charge in [-0.15, -0.1) is 0 Å². The molecule has 1 atom stereocenters. The van der Waals surface area contributed by atoms with Crippen LogP contribution in [-0.2, 0) is 0 Å². The molecule has 0 N–H and O–H groups in total. The first-order chi connectivity index (χ1) is 7.79. The third-order valence-electron chi connectivity index (χ3n) is 2.38. The fraction of sp³-hybridized carbons (Fsp3) is 0.0714. The van der Waals surface area contributed by atoms with Crippen molar-refractivity contribution in [2.24, 2.45) is 0 Å². The summed E-state index contributed by atoms with van der Waals surface area (Å²) in [5, 5.41) is 0. The molecule has 0 saturated heterocycles. The smallest absolute Gasteiger partial charge is 0.201 e. The Morgan fingerprint density at radius 2 is 1.38 bits per heavy atom. The van der Waals surface area contributed by atoms with Crippen LogP contribution in [0.2, 0.25) is 0 Å². The predicted octanol–water partition coefficient (Wildman–Crippen LogP) is 3.58. The van der Waals surface area contributed by atoms with Gasteiger partial charge < -0.3 is 0 Å². The quantitative estimate of drug-likeness (QED) is 0.714. The highest BCUT2D eigenvalue weighted by atomic mass is 19.1. The summed E-state index contributed by atoms with van der Waals surface area (Å²) in [6.45, 7) is 0. The van der Waals surface area contributed by atoms with Crippen LogP contribution in [0, 0.1) is 0 Å². The molecule has 0 radical (unpaired) electrons. The van der Waals surface area contributed by atoms with E-state index in [0.717, 1.165) is 0 Å². The third-order valence-corrected chi connectivity index (χ3v) is 2.38. The van der Waals surface area contributed by atoms with E-state index in [4.69, 9.17) is 0 Å². The van der Waals surface area contributed by atoms with Crippen molar-refractivity contribution in [2.75, 3.05) is 0 Å². The maximum atomic E-state index is 13.9. The number of alkyl halides is 1. The minimum absolute atomic E-state index is 0.399. The molecule has 0 aliphatic heterocycles. The molecule has 0 fully saturated rings. The van der Waals surface area contributed by atoms with Crippen molar-refractivity contribution in [2.45, 2.75) is 6.17 Å². The van der Waals surface area contributed by atoms with E-state index in [2.05, 4.69) is 0 Å². The maximum Gasteiger partial charge on any atom is 0.201 e. The van der Waals surface area contributed by atoms with Crippen molar-refractivity contribution >= 4 is 5.78 Å². The Labute approximate surface area is 93.5 Å². The first-order valence-corrected chi connectivity index (χ1v) is 5.07. The van der Waals surface area contributed by atoms with Crippen LogP contribution in [0.15, 0.2) is 60.7 Å². The fourth-order valence-electron chi connectivity index (χ4n) is 1.52. The minimum atomic E-state index is -1.58. The lowest BCUT2D eigenvalue weighted by atomic mass is 10.0. The fourth-order valence-corrected chi connectivity index (χ4v) is 1.52. The number of carbonyl (C=O) groups is 1. The molecule has 0 saturated carbocycles. The molecule has 0 aliphatic rings. The molecule has 1 nitrogen and oxygen atoms in total. The summed E-state index contributed by atoms with van der Waals surface area (Å²) >= 11 is 0. The first kappa shape index (κ1) is 10.6. The molecule has 16 heavy (non-hydrogen) atoms. The molecule has 2 aromatic rings. The van der Waals surface area contributed by atoms with E-state index in [0.29, 0.717) is 11.1 Å². The van der Waals surface area contributed by atoms with Crippen molar-refractivity contribution in [1.29, 1.82) is 0 Å². The number of Topliss-reactive ketones (excluding diaryl/α,β-unsaturated/α-hetero) is 1. The molecule has 80 valence electrons. The molecule has 2 rings (SSSR count). The molecule has 0 heterocycles. The zero-order valence-electron chi connectivity index (χ0n) is 8.64. The molecule has 0 unspecified atom stereocenters. The Morgan fingerprint density at radius 3 is 1.94 bits per heavy atom. The summed E-state index contributed by atoms with van der Waals surface area (Å²) in [6.07, 6.45) is -1.58. The van der Waals surface area contributed by atoms with E-state index >= 15 is 0 Å². The average molecular weight is 214 g/mol. The molecule has 2 heteroatoms. The Hall–Kier alpha value is -1.96. The molecule has 0 aliphatic carbocycles. The topological polar surface area (TPSA) is 17.1 Å². The van der Waals surface area contributed by atoms with Gasteiger partial charge in [-0.1, -0.05) is 60.7 Å². The van der Waals surface area contributed by atoms with Gasteiger partial charge in [0.05, 0.1) is 0 Å². The molecular weight excluding hydrogens is 203 g/mol. The largest absolute Gasteiger partial charge is 0.290 e. The van der Waals surface area contributed by atoms with E-state index in [9.17, 15) is 9.18 Å². The molecule has 0 bridgehead atoms. The SMILES string of the molecule is O=C(c1ccccc1)[C@H](F)c1ccccc1. The van der Waals surface area contributed by atoms with E-state index in [1.807, 2.05) is 0 Å². The van der Waals surface area contributed by atoms with Gasteiger partial charge in [-0.3, -0.25) is 4.79 Å². The van der Waals surface area contributed by atoms with Crippen LogP contribution < -0.4 is 0 Å². The zero-order valence-corrected chi connectivity index (χ0v) is 8.64.